The molecule has 2 aromatic carbocycles. The highest BCUT2D eigenvalue weighted by Gasteiger charge is 2.17. The Labute approximate surface area is 223 Å². The van der Waals surface area contributed by atoms with E-state index in [1.54, 1.807) is 0 Å². The molecule has 190 valence electrons. The third kappa shape index (κ3) is 10.7. The molecule has 34 heavy (non-hydrogen) atoms. The van der Waals surface area contributed by atoms with Crippen molar-refractivity contribution in [3.8, 4) is 0 Å². The maximum Gasteiger partial charge on any atom is 0.115 e. The number of rotatable bonds is 11. The summed E-state index contributed by atoms with van der Waals surface area (Å²) in [5.74, 6) is 1.01. The van der Waals surface area contributed by atoms with Gasteiger partial charge in [0.25, 0.3) is 0 Å². The van der Waals surface area contributed by atoms with Gasteiger partial charge in [-0.3, -0.25) is 10.6 Å². The largest absolute Gasteiger partial charge is 0.378 e. The van der Waals surface area contributed by atoms with Gasteiger partial charge in [0, 0.05) is 34.6 Å². The van der Waals surface area contributed by atoms with Crippen LogP contribution in [0.15, 0.2) is 36.4 Å². The van der Waals surface area contributed by atoms with Gasteiger partial charge in [-0.05, 0) is 57.3 Å². The van der Waals surface area contributed by atoms with Gasteiger partial charge in [-0.2, -0.15) is 0 Å². The van der Waals surface area contributed by atoms with Crippen molar-refractivity contribution in [1.29, 1.82) is 0 Å². The summed E-state index contributed by atoms with van der Waals surface area (Å²) < 4.78 is 0. The highest BCUT2D eigenvalue weighted by molar-refractivity contribution is 8.76. The molecule has 0 bridgehead atoms. The molecule has 0 heterocycles. The van der Waals surface area contributed by atoms with Gasteiger partial charge in [0.15, 0.2) is 0 Å². The molecule has 2 unspecified atom stereocenters. The number of nitrogens with one attached hydrogen (secondary N) is 2. The van der Waals surface area contributed by atoms with E-state index in [1.165, 1.54) is 32.7 Å². The fraction of sp³-hybridized carbons (Fsp3) is 0.538. The Bertz CT molecular complexity index is 854. The van der Waals surface area contributed by atoms with E-state index >= 15 is 0 Å². The van der Waals surface area contributed by atoms with Crippen LogP contribution in [0.2, 0.25) is 10.0 Å². The first-order chi connectivity index (χ1) is 15.7. The van der Waals surface area contributed by atoms with Crippen molar-refractivity contribution in [2.45, 2.75) is 77.9 Å². The summed E-state index contributed by atoms with van der Waals surface area (Å²) in [6, 6.07) is 12.1. The minimum atomic E-state index is -0.651. The Kier molecular flexibility index (Phi) is 11.6. The smallest absolute Gasteiger partial charge is 0.115 e. The van der Waals surface area contributed by atoms with Crippen molar-refractivity contribution in [1.82, 2.24) is 10.6 Å². The van der Waals surface area contributed by atoms with E-state index in [-0.39, 0.29) is 10.8 Å². The van der Waals surface area contributed by atoms with Crippen molar-refractivity contribution < 1.29 is 10.2 Å². The van der Waals surface area contributed by atoms with Crippen LogP contribution < -0.4 is 10.6 Å². The Morgan fingerprint density at radius 3 is 1.35 bits per heavy atom. The first-order valence-electron chi connectivity index (χ1n) is 11.4. The molecule has 2 aromatic rings. The molecule has 0 saturated carbocycles. The van der Waals surface area contributed by atoms with Gasteiger partial charge in [-0.15, -0.1) is 0 Å². The summed E-state index contributed by atoms with van der Waals surface area (Å²) in [6.45, 7) is 14.0. The second-order valence-corrected chi connectivity index (χ2v) is 14.0. The first-order valence-corrected chi connectivity index (χ1v) is 14.7. The molecule has 0 aliphatic heterocycles. The van der Waals surface area contributed by atoms with Crippen molar-refractivity contribution in [2.75, 3.05) is 11.5 Å². The Morgan fingerprint density at radius 1 is 0.676 bits per heavy atom. The fourth-order valence-electron chi connectivity index (χ4n) is 3.19. The van der Waals surface area contributed by atoms with E-state index in [9.17, 15) is 10.2 Å². The van der Waals surface area contributed by atoms with Gasteiger partial charge >= 0.3 is 0 Å². The van der Waals surface area contributed by atoms with E-state index in [2.05, 4.69) is 64.3 Å². The molecule has 0 spiro atoms. The molecule has 0 aromatic heterocycles. The second kappa shape index (κ2) is 13.2. The second-order valence-electron chi connectivity index (χ2n) is 10.6. The first kappa shape index (κ1) is 29.8. The van der Waals surface area contributed by atoms with Crippen molar-refractivity contribution >= 4 is 44.8 Å². The van der Waals surface area contributed by atoms with Crippen LogP contribution in [0.1, 0.15) is 63.8 Å². The minimum Gasteiger partial charge on any atom is -0.378 e. The average Bonchev–Trinajstić information content (AvgIpc) is 2.72. The highest BCUT2D eigenvalue weighted by Crippen LogP contribution is 2.28. The molecule has 2 rings (SSSR count). The van der Waals surface area contributed by atoms with Crippen molar-refractivity contribution in [3.05, 3.63) is 68.7 Å². The van der Waals surface area contributed by atoms with Crippen LogP contribution >= 0.6 is 44.8 Å². The van der Waals surface area contributed by atoms with Crippen LogP contribution in [0.5, 0.6) is 0 Å². The lowest BCUT2D eigenvalue weighted by atomic mass is 9.86. The number of halogens is 2. The number of hydrogen-bond donors (Lipinski definition) is 4. The summed E-state index contributed by atoms with van der Waals surface area (Å²) in [4.78, 5) is 0. The standard InChI is InChI=1S/C26H38Cl2N2O2S2/c1-25(2,3)19-7-17(9-21(27)11-19)13-29-23(31)15-33-34-16-24(32)30-14-18-8-20(26(4,5)6)12-22(28)10-18/h7-12,23-24,29-32H,13-16H2,1-6H3. The molecule has 4 N–H and O–H groups in total. The van der Waals surface area contributed by atoms with Gasteiger partial charge in [-0.1, -0.05) is 98.5 Å². The molecule has 0 aliphatic carbocycles. The van der Waals surface area contributed by atoms with Crippen LogP contribution in [0, 0.1) is 0 Å². The number of aliphatic hydroxyl groups is 2. The van der Waals surface area contributed by atoms with E-state index in [4.69, 9.17) is 23.2 Å². The highest BCUT2D eigenvalue weighted by atomic mass is 35.5. The lowest BCUT2D eigenvalue weighted by molar-refractivity contribution is 0.158. The quantitative estimate of drug-likeness (QED) is 0.147. The molecular weight excluding hydrogens is 507 g/mol. The predicted molar refractivity (Wildman–Crippen MR) is 151 cm³/mol. The summed E-state index contributed by atoms with van der Waals surface area (Å²) in [5, 5.41) is 28.2. The minimum absolute atomic E-state index is 0.0152. The molecule has 0 fully saturated rings. The number of aliphatic hydroxyl groups excluding tert-OH is 2. The third-order valence-corrected chi connectivity index (χ3v) is 8.09. The predicted octanol–water partition coefficient (Wildman–Crippen LogP) is 6.49. The number of benzene rings is 2. The zero-order valence-corrected chi connectivity index (χ0v) is 24.1. The van der Waals surface area contributed by atoms with Crippen LogP contribution in [0.4, 0.5) is 0 Å². The SMILES string of the molecule is CC(C)(C)c1cc(Cl)cc(CNC(O)CSSCC(O)NCc2cc(Cl)cc(C(C)(C)C)c2)c1. The summed E-state index contributed by atoms with van der Waals surface area (Å²) in [6.07, 6.45) is -1.30. The molecule has 0 radical (unpaired) electrons. The van der Waals surface area contributed by atoms with Gasteiger partial charge in [0.05, 0.1) is 0 Å². The molecular formula is C26H38Cl2N2O2S2. The average molecular weight is 546 g/mol. The van der Waals surface area contributed by atoms with Crippen molar-refractivity contribution in [3.63, 3.8) is 0 Å². The Hall–Kier alpha value is -0.440. The van der Waals surface area contributed by atoms with Crippen LogP contribution in [-0.4, -0.2) is 34.2 Å². The lowest BCUT2D eigenvalue weighted by Crippen LogP contribution is -2.31. The Balaban J connectivity index is 1.70. The zero-order valence-electron chi connectivity index (χ0n) is 20.9. The van der Waals surface area contributed by atoms with Crippen LogP contribution in [0.25, 0.3) is 0 Å². The molecule has 8 heteroatoms. The van der Waals surface area contributed by atoms with E-state index in [1.807, 2.05) is 24.3 Å². The normalized spacial score (nSPS) is 14.3. The molecule has 0 amide bonds. The molecule has 2 atom stereocenters. The van der Waals surface area contributed by atoms with Crippen molar-refractivity contribution in [2.24, 2.45) is 0 Å². The van der Waals surface area contributed by atoms with E-state index in [0.29, 0.717) is 34.6 Å². The van der Waals surface area contributed by atoms with Crippen LogP contribution in [0.3, 0.4) is 0 Å². The van der Waals surface area contributed by atoms with Gasteiger partial charge in [-0.25, -0.2) is 0 Å². The molecule has 0 aliphatic rings. The van der Waals surface area contributed by atoms with Gasteiger partial charge < -0.3 is 10.2 Å². The number of hydrogen-bond acceptors (Lipinski definition) is 6. The summed E-state index contributed by atoms with van der Waals surface area (Å²) in [7, 11) is 3.04. The summed E-state index contributed by atoms with van der Waals surface area (Å²) >= 11 is 12.5. The molecule has 4 nitrogen and oxygen atoms in total. The van der Waals surface area contributed by atoms with Gasteiger partial charge in [0.2, 0.25) is 0 Å². The molecule has 0 saturated heterocycles. The van der Waals surface area contributed by atoms with Crippen LogP contribution in [-0.2, 0) is 23.9 Å². The monoisotopic (exact) mass is 544 g/mol. The van der Waals surface area contributed by atoms with E-state index < -0.39 is 12.5 Å². The maximum atomic E-state index is 10.3. The Morgan fingerprint density at radius 2 is 1.03 bits per heavy atom. The van der Waals surface area contributed by atoms with Gasteiger partial charge in [0.1, 0.15) is 12.5 Å². The maximum absolute atomic E-state index is 10.3. The topological polar surface area (TPSA) is 64.5 Å². The fourth-order valence-corrected chi connectivity index (χ4v) is 5.74. The third-order valence-electron chi connectivity index (χ3n) is 5.27. The summed E-state index contributed by atoms with van der Waals surface area (Å²) in [5.41, 5.74) is 4.46. The zero-order chi connectivity index (χ0) is 25.5. The lowest BCUT2D eigenvalue weighted by Gasteiger charge is -2.21. The van der Waals surface area contributed by atoms with E-state index in [0.717, 1.165) is 11.1 Å².